The van der Waals surface area contributed by atoms with Crippen LogP contribution in [0.4, 0.5) is 4.39 Å². The van der Waals surface area contributed by atoms with Crippen molar-refractivity contribution >= 4 is 15.9 Å². The second-order valence-electron chi connectivity index (χ2n) is 5.64. The number of furan rings is 1. The van der Waals surface area contributed by atoms with Crippen LogP contribution in [-0.2, 0) is 6.54 Å². The maximum atomic E-state index is 13.8. The zero-order valence-corrected chi connectivity index (χ0v) is 14.0. The third kappa shape index (κ3) is 3.77. The molecule has 2 heterocycles. The number of rotatable bonds is 6. The number of hydrogen-bond acceptors (Lipinski definition) is 3. The maximum absolute atomic E-state index is 13.8. The first-order valence-corrected chi connectivity index (χ1v) is 8.45. The van der Waals surface area contributed by atoms with E-state index < -0.39 is 0 Å². The Kier molecular flexibility index (Phi) is 5.28. The molecule has 2 aromatic rings. The SMILES string of the molecule is Fc1ccc(Br)cc1CNCC(c1ccco1)N1CCCC1. The number of benzene rings is 1. The van der Waals surface area contributed by atoms with Crippen molar-refractivity contribution in [1.29, 1.82) is 0 Å². The van der Waals surface area contributed by atoms with E-state index in [4.69, 9.17) is 4.42 Å². The highest BCUT2D eigenvalue weighted by atomic mass is 79.9. The number of hydrogen-bond donors (Lipinski definition) is 1. The minimum atomic E-state index is -0.175. The van der Waals surface area contributed by atoms with Gasteiger partial charge in [0.1, 0.15) is 11.6 Å². The van der Waals surface area contributed by atoms with Gasteiger partial charge in [-0.25, -0.2) is 4.39 Å². The van der Waals surface area contributed by atoms with Gasteiger partial charge in [0, 0.05) is 23.1 Å². The molecule has 1 aromatic heterocycles. The van der Waals surface area contributed by atoms with Crippen molar-refractivity contribution in [2.45, 2.75) is 25.4 Å². The van der Waals surface area contributed by atoms with Crippen LogP contribution in [0.3, 0.4) is 0 Å². The molecule has 3 rings (SSSR count). The minimum Gasteiger partial charge on any atom is -0.468 e. The molecule has 1 aliphatic rings. The molecule has 5 heteroatoms. The predicted molar refractivity (Wildman–Crippen MR) is 88.1 cm³/mol. The van der Waals surface area contributed by atoms with Crippen LogP contribution in [0, 0.1) is 5.82 Å². The van der Waals surface area contributed by atoms with Crippen LogP contribution in [-0.4, -0.2) is 24.5 Å². The van der Waals surface area contributed by atoms with Gasteiger partial charge in [0.05, 0.1) is 12.3 Å². The molecule has 22 heavy (non-hydrogen) atoms. The Bertz CT molecular complexity index is 597. The van der Waals surface area contributed by atoms with Gasteiger partial charge in [-0.3, -0.25) is 4.90 Å². The molecule has 0 spiro atoms. The fourth-order valence-corrected chi connectivity index (χ4v) is 3.37. The second kappa shape index (κ2) is 7.40. The number of likely N-dealkylation sites (tertiary alicyclic amines) is 1. The smallest absolute Gasteiger partial charge is 0.127 e. The van der Waals surface area contributed by atoms with Crippen molar-refractivity contribution in [2.75, 3.05) is 19.6 Å². The van der Waals surface area contributed by atoms with Crippen molar-refractivity contribution in [3.05, 3.63) is 58.2 Å². The number of nitrogens with zero attached hydrogens (tertiary/aromatic N) is 1. The van der Waals surface area contributed by atoms with E-state index in [0.717, 1.165) is 29.9 Å². The van der Waals surface area contributed by atoms with Crippen molar-refractivity contribution in [1.82, 2.24) is 10.2 Å². The molecule has 0 amide bonds. The van der Waals surface area contributed by atoms with Gasteiger partial charge in [0.2, 0.25) is 0 Å². The number of halogens is 2. The van der Waals surface area contributed by atoms with E-state index in [1.54, 1.807) is 12.3 Å². The van der Waals surface area contributed by atoms with Crippen LogP contribution in [0.5, 0.6) is 0 Å². The van der Waals surface area contributed by atoms with Gasteiger partial charge in [0.25, 0.3) is 0 Å². The molecule has 118 valence electrons. The van der Waals surface area contributed by atoms with E-state index in [-0.39, 0.29) is 11.9 Å². The Balaban J connectivity index is 1.63. The Morgan fingerprint density at radius 1 is 1.27 bits per heavy atom. The molecule has 3 nitrogen and oxygen atoms in total. The Labute approximate surface area is 138 Å². The molecule has 1 fully saturated rings. The molecule has 0 saturated carbocycles. The highest BCUT2D eigenvalue weighted by molar-refractivity contribution is 9.10. The summed E-state index contributed by atoms with van der Waals surface area (Å²) in [6.45, 7) is 3.45. The van der Waals surface area contributed by atoms with E-state index in [0.29, 0.717) is 12.1 Å². The summed E-state index contributed by atoms with van der Waals surface area (Å²) in [5, 5.41) is 3.37. The lowest BCUT2D eigenvalue weighted by molar-refractivity contribution is 0.209. The molecule has 0 aliphatic carbocycles. The molecule has 0 bridgehead atoms. The first-order chi connectivity index (χ1) is 10.7. The monoisotopic (exact) mass is 366 g/mol. The molecule has 1 aromatic carbocycles. The van der Waals surface area contributed by atoms with Crippen molar-refractivity contribution in [2.24, 2.45) is 0 Å². The van der Waals surface area contributed by atoms with Gasteiger partial charge in [-0.1, -0.05) is 15.9 Å². The van der Waals surface area contributed by atoms with Crippen LogP contribution < -0.4 is 5.32 Å². The van der Waals surface area contributed by atoms with Gasteiger partial charge in [-0.05, 0) is 56.3 Å². The first-order valence-electron chi connectivity index (χ1n) is 7.66. The topological polar surface area (TPSA) is 28.4 Å². The summed E-state index contributed by atoms with van der Waals surface area (Å²) in [5.74, 6) is 0.801. The lowest BCUT2D eigenvalue weighted by Crippen LogP contribution is -2.33. The summed E-state index contributed by atoms with van der Waals surface area (Å²) in [5.41, 5.74) is 0.675. The summed E-state index contributed by atoms with van der Waals surface area (Å²) in [4.78, 5) is 2.43. The summed E-state index contributed by atoms with van der Waals surface area (Å²) < 4.78 is 20.3. The largest absolute Gasteiger partial charge is 0.468 e. The average molecular weight is 367 g/mol. The van der Waals surface area contributed by atoms with E-state index >= 15 is 0 Å². The third-order valence-corrected chi connectivity index (χ3v) is 4.61. The van der Waals surface area contributed by atoms with E-state index in [2.05, 4.69) is 26.1 Å². The molecule has 1 saturated heterocycles. The summed E-state index contributed by atoms with van der Waals surface area (Å²) >= 11 is 3.38. The maximum Gasteiger partial charge on any atom is 0.127 e. The molecule has 1 unspecified atom stereocenters. The van der Waals surface area contributed by atoms with Gasteiger partial charge in [-0.15, -0.1) is 0 Å². The lowest BCUT2D eigenvalue weighted by Gasteiger charge is -2.26. The minimum absolute atomic E-state index is 0.175. The molecule has 1 N–H and O–H groups in total. The molecular weight excluding hydrogens is 347 g/mol. The molecule has 1 atom stereocenters. The van der Waals surface area contributed by atoms with Crippen LogP contribution in [0.15, 0.2) is 45.5 Å². The van der Waals surface area contributed by atoms with E-state index in [9.17, 15) is 4.39 Å². The van der Waals surface area contributed by atoms with Crippen LogP contribution in [0.2, 0.25) is 0 Å². The predicted octanol–water partition coefficient (Wildman–Crippen LogP) is 4.11. The summed E-state index contributed by atoms with van der Waals surface area (Å²) in [6, 6.07) is 9.18. The average Bonchev–Trinajstić information content (AvgIpc) is 3.20. The Hall–Kier alpha value is -1.17. The second-order valence-corrected chi connectivity index (χ2v) is 6.56. The fraction of sp³-hybridized carbons (Fsp3) is 0.412. The highest BCUT2D eigenvalue weighted by Gasteiger charge is 2.25. The fourth-order valence-electron chi connectivity index (χ4n) is 2.97. The Morgan fingerprint density at radius 3 is 2.82 bits per heavy atom. The molecule has 1 aliphatic heterocycles. The third-order valence-electron chi connectivity index (χ3n) is 4.11. The van der Waals surface area contributed by atoms with E-state index in [1.165, 1.54) is 18.9 Å². The Morgan fingerprint density at radius 2 is 2.09 bits per heavy atom. The van der Waals surface area contributed by atoms with Crippen molar-refractivity contribution in [3.8, 4) is 0 Å². The summed E-state index contributed by atoms with van der Waals surface area (Å²) in [7, 11) is 0. The van der Waals surface area contributed by atoms with Gasteiger partial charge >= 0.3 is 0 Å². The quantitative estimate of drug-likeness (QED) is 0.833. The van der Waals surface area contributed by atoms with Crippen molar-refractivity contribution in [3.63, 3.8) is 0 Å². The molecule has 0 radical (unpaired) electrons. The zero-order valence-electron chi connectivity index (χ0n) is 12.4. The van der Waals surface area contributed by atoms with E-state index in [1.807, 2.05) is 18.2 Å². The molecular formula is C17H20BrFN2O. The standard InChI is InChI=1S/C17H20BrFN2O/c18-14-5-6-15(19)13(10-14)11-20-12-16(17-4-3-9-22-17)21-7-1-2-8-21/h3-6,9-10,16,20H,1-2,7-8,11-12H2. The van der Waals surface area contributed by atoms with Gasteiger partial charge in [0.15, 0.2) is 0 Å². The van der Waals surface area contributed by atoms with Gasteiger partial charge < -0.3 is 9.73 Å². The lowest BCUT2D eigenvalue weighted by atomic mass is 10.1. The van der Waals surface area contributed by atoms with Gasteiger partial charge in [-0.2, -0.15) is 0 Å². The zero-order chi connectivity index (χ0) is 15.4. The highest BCUT2D eigenvalue weighted by Crippen LogP contribution is 2.25. The van der Waals surface area contributed by atoms with Crippen LogP contribution in [0.1, 0.15) is 30.2 Å². The first kappa shape index (κ1) is 15.7. The van der Waals surface area contributed by atoms with Crippen LogP contribution >= 0.6 is 15.9 Å². The van der Waals surface area contributed by atoms with Crippen molar-refractivity contribution < 1.29 is 8.81 Å². The van der Waals surface area contributed by atoms with Crippen LogP contribution in [0.25, 0.3) is 0 Å². The normalized spacial score (nSPS) is 17.0. The number of nitrogens with one attached hydrogen (secondary N) is 1. The summed E-state index contributed by atoms with van der Waals surface area (Å²) in [6.07, 6.45) is 4.18.